The van der Waals surface area contributed by atoms with Crippen molar-refractivity contribution in [2.24, 2.45) is 0 Å². The Labute approximate surface area is 184 Å². The van der Waals surface area contributed by atoms with Crippen molar-refractivity contribution < 1.29 is 9.47 Å². The Hall–Kier alpha value is -1.64. The van der Waals surface area contributed by atoms with Gasteiger partial charge in [0.25, 0.3) is 0 Å². The van der Waals surface area contributed by atoms with Gasteiger partial charge in [0.05, 0.1) is 13.2 Å². The van der Waals surface area contributed by atoms with Crippen molar-refractivity contribution in [2.45, 2.75) is 90.3 Å². The predicted molar refractivity (Wildman–Crippen MR) is 126 cm³/mol. The number of rotatable bonds is 12. The van der Waals surface area contributed by atoms with E-state index in [4.69, 9.17) is 9.47 Å². The zero-order valence-electron chi connectivity index (χ0n) is 19.1. The van der Waals surface area contributed by atoms with Crippen LogP contribution in [0.25, 0.3) is 0 Å². The van der Waals surface area contributed by atoms with Gasteiger partial charge >= 0.3 is 0 Å². The van der Waals surface area contributed by atoms with E-state index in [9.17, 15) is 0 Å². The molecule has 2 aromatic carbocycles. The first kappa shape index (κ1) is 23.0. The van der Waals surface area contributed by atoms with Crippen LogP contribution in [0, 0.1) is 0 Å². The molecule has 1 aliphatic rings. The molecule has 1 fully saturated rings. The van der Waals surface area contributed by atoms with Crippen molar-refractivity contribution >= 4 is 0 Å². The minimum absolute atomic E-state index is 0.0493. The fourth-order valence-electron chi connectivity index (χ4n) is 4.20. The first-order chi connectivity index (χ1) is 14.8. The molecule has 0 aromatic heterocycles. The summed E-state index contributed by atoms with van der Waals surface area (Å²) in [4.78, 5) is 0. The Bertz CT molecular complexity index is 633. The third kappa shape index (κ3) is 7.25. The summed E-state index contributed by atoms with van der Waals surface area (Å²) in [5.74, 6) is 0. The highest BCUT2D eigenvalue weighted by Gasteiger charge is 2.24. The van der Waals surface area contributed by atoms with E-state index in [0.717, 1.165) is 0 Å². The van der Waals surface area contributed by atoms with Gasteiger partial charge in [-0.1, -0.05) is 101 Å². The largest absolute Gasteiger partial charge is 0.368 e. The van der Waals surface area contributed by atoms with E-state index in [1.165, 1.54) is 86.5 Å². The predicted octanol–water partition coefficient (Wildman–Crippen LogP) is 7.76. The molecular formula is C28H40O2. The fourth-order valence-corrected chi connectivity index (χ4v) is 4.20. The lowest BCUT2D eigenvalue weighted by Gasteiger charge is -2.30. The lowest BCUT2D eigenvalue weighted by molar-refractivity contribution is -0.137. The molecule has 1 aliphatic heterocycles. The van der Waals surface area contributed by atoms with E-state index in [1.807, 2.05) is 0 Å². The van der Waals surface area contributed by atoms with Crippen molar-refractivity contribution in [2.75, 3.05) is 13.2 Å². The molecule has 0 saturated carbocycles. The summed E-state index contributed by atoms with van der Waals surface area (Å²) in [5, 5.41) is 0. The van der Waals surface area contributed by atoms with Gasteiger partial charge in [-0.3, -0.25) is 0 Å². The molecule has 30 heavy (non-hydrogen) atoms. The highest BCUT2D eigenvalue weighted by atomic mass is 16.6. The maximum Gasteiger partial charge on any atom is 0.106 e. The van der Waals surface area contributed by atoms with Crippen LogP contribution in [0.1, 0.15) is 99.7 Å². The van der Waals surface area contributed by atoms with Gasteiger partial charge in [-0.15, -0.1) is 0 Å². The number of hydrogen-bond acceptors (Lipinski definition) is 2. The van der Waals surface area contributed by atoms with Crippen LogP contribution >= 0.6 is 0 Å². The summed E-state index contributed by atoms with van der Waals surface area (Å²) in [6.45, 7) is 5.77. The number of ether oxygens (including phenoxy) is 2. The van der Waals surface area contributed by atoms with Gasteiger partial charge in [0, 0.05) is 0 Å². The molecule has 0 N–H and O–H groups in total. The van der Waals surface area contributed by atoms with Gasteiger partial charge in [0.15, 0.2) is 0 Å². The Morgan fingerprint density at radius 1 is 0.567 bits per heavy atom. The third-order valence-corrected chi connectivity index (χ3v) is 6.24. The quantitative estimate of drug-likeness (QED) is 0.334. The topological polar surface area (TPSA) is 18.5 Å². The third-order valence-electron chi connectivity index (χ3n) is 6.24. The molecule has 164 valence electrons. The van der Waals surface area contributed by atoms with Crippen LogP contribution in [0.15, 0.2) is 48.5 Å². The summed E-state index contributed by atoms with van der Waals surface area (Å²) in [7, 11) is 0. The first-order valence-electron chi connectivity index (χ1n) is 12.2. The van der Waals surface area contributed by atoms with E-state index in [-0.39, 0.29) is 12.2 Å². The average Bonchev–Trinajstić information content (AvgIpc) is 2.81. The SMILES string of the molecule is CCCCCCc1ccc([C@@H]2CO[C@@H](c3ccc(CCCCCC)cc3)CO2)cc1. The fraction of sp³-hybridized carbons (Fsp3) is 0.571. The molecule has 0 unspecified atom stereocenters. The van der Waals surface area contributed by atoms with Gasteiger partial charge in [-0.2, -0.15) is 0 Å². The van der Waals surface area contributed by atoms with Gasteiger partial charge in [0.1, 0.15) is 12.2 Å². The van der Waals surface area contributed by atoms with Crippen LogP contribution in [-0.2, 0) is 22.3 Å². The molecule has 3 rings (SSSR count). The Morgan fingerprint density at radius 3 is 1.30 bits per heavy atom. The van der Waals surface area contributed by atoms with E-state index < -0.39 is 0 Å². The van der Waals surface area contributed by atoms with Gasteiger partial charge in [-0.05, 0) is 47.9 Å². The zero-order valence-corrected chi connectivity index (χ0v) is 19.1. The molecule has 2 nitrogen and oxygen atoms in total. The second kappa shape index (κ2) is 12.9. The summed E-state index contributed by atoms with van der Waals surface area (Å²) >= 11 is 0. The maximum absolute atomic E-state index is 6.18. The molecule has 1 saturated heterocycles. The molecule has 2 atom stereocenters. The molecule has 1 heterocycles. The maximum atomic E-state index is 6.18. The molecule has 0 spiro atoms. The lowest BCUT2D eigenvalue weighted by Crippen LogP contribution is -2.25. The highest BCUT2D eigenvalue weighted by Crippen LogP contribution is 2.30. The van der Waals surface area contributed by atoms with Crippen LogP contribution in [-0.4, -0.2) is 13.2 Å². The minimum atomic E-state index is 0.0493. The second-order valence-corrected chi connectivity index (χ2v) is 8.75. The van der Waals surface area contributed by atoms with Gasteiger partial charge < -0.3 is 9.47 Å². The standard InChI is InChI=1S/C28H40O2/c1-3-5-7-9-11-23-13-17-25(18-14-23)27-21-30-28(22-29-27)26-19-15-24(16-20-26)12-10-8-6-4-2/h13-20,27-28H,3-12,21-22H2,1-2H3/t27-,28+. The summed E-state index contributed by atoms with van der Waals surface area (Å²) in [6, 6.07) is 17.9. The average molecular weight is 409 g/mol. The van der Waals surface area contributed by atoms with Crippen LogP contribution in [0.2, 0.25) is 0 Å². The molecule has 0 radical (unpaired) electrons. The van der Waals surface area contributed by atoms with Crippen molar-refractivity contribution in [1.82, 2.24) is 0 Å². The monoisotopic (exact) mass is 408 g/mol. The Balaban J connectivity index is 1.43. The van der Waals surface area contributed by atoms with Crippen molar-refractivity contribution in [3.63, 3.8) is 0 Å². The molecule has 0 amide bonds. The summed E-state index contributed by atoms with van der Waals surface area (Å²) in [6.07, 6.45) is 13.0. The molecule has 2 aromatic rings. The smallest absolute Gasteiger partial charge is 0.106 e. The van der Waals surface area contributed by atoms with Gasteiger partial charge in [-0.25, -0.2) is 0 Å². The number of hydrogen-bond donors (Lipinski definition) is 0. The molecule has 2 heteroatoms. The van der Waals surface area contributed by atoms with Crippen LogP contribution in [0.3, 0.4) is 0 Å². The van der Waals surface area contributed by atoms with Crippen molar-refractivity contribution in [3.05, 3.63) is 70.8 Å². The van der Waals surface area contributed by atoms with Crippen molar-refractivity contribution in [3.8, 4) is 0 Å². The molecular weight excluding hydrogens is 368 g/mol. The van der Waals surface area contributed by atoms with Crippen LogP contribution < -0.4 is 0 Å². The zero-order chi connectivity index (χ0) is 21.0. The summed E-state index contributed by atoms with van der Waals surface area (Å²) in [5.41, 5.74) is 5.32. The number of aryl methyl sites for hydroxylation is 2. The van der Waals surface area contributed by atoms with E-state index >= 15 is 0 Å². The van der Waals surface area contributed by atoms with Crippen LogP contribution in [0.4, 0.5) is 0 Å². The second-order valence-electron chi connectivity index (χ2n) is 8.75. The van der Waals surface area contributed by atoms with Gasteiger partial charge in [0.2, 0.25) is 0 Å². The first-order valence-corrected chi connectivity index (χ1v) is 12.2. The van der Waals surface area contributed by atoms with E-state index in [2.05, 4.69) is 62.4 Å². The number of unbranched alkanes of at least 4 members (excludes halogenated alkanes) is 6. The minimum Gasteiger partial charge on any atom is -0.368 e. The normalized spacial score (nSPS) is 19.1. The highest BCUT2D eigenvalue weighted by molar-refractivity contribution is 5.26. The van der Waals surface area contributed by atoms with Crippen LogP contribution in [0.5, 0.6) is 0 Å². The molecule has 0 aliphatic carbocycles. The lowest BCUT2D eigenvalue weighted by atomic mass is 10.0. The summed E-state index contributed by atoms with van der Waals surface area (Å²) < 4.78 is 12.4. The van der Waals surface area contributed by atoms with Crippen molar-refractivity contribution in [1.29, 1.82) is 0 Å². The van der Waals surface area contributed by atoms with E-state index in [0.29, 0.717) is 13.2 Å². The molecule has 0 bridgehead atoms. The number of benzene rings is 2. The van der Waals surface area contributed by atoms with E-state index in [1.54, 1.807) is 0 Å². The Kier molecular flexibility index (Phi) is 9.92. The Morgan fingerprint density at radius 2 is 0.967 bits per heavy atom.